The lowest BCUT2D eigenvalue weighted by Gasteiger charge is -2.32. The van der Waals surface area contributed by atoms with E-state index in [0.29, 0.717) is 6.42 Å². The largest absolute Gasteiger partial charge is 0.336 e. The van der Waals surface area contributed by atoms with Gasteiger partial charge in [-0.1, -0.05) is 28.1 Å². The van der Waals surface area contributed by atoms with Crippen LogP contribution in [-0.4, -0.2) is 16.8 Å². The number of rotatable bonds is 1. The Hall–Kier alpha value is -0.830. The molecule has 1 amide bonds. The first kappa shape index (κ1) is 10.7. The van der Waals surface area contributed by atoms with E-state index in [4.69, 9.17) is 0 Å². The summed E-state index contributed by atoms with van der Waals surface area (Å²) in [4.78, 5) is 13.8. The number of carbonyl (C=O) groups excluding carboxylic acids is 1. The molecule has 0 saturated heterocycles. The smallest absolute Gasteiger partial charge is 0.227 e. The minimum atomic E-state index is 0.226. The zero-order valence-corrected chi connectivity index (χ0v) is 10.5. The van der Waals surface area contributed by atoms with Gasteiger partial charge in [-0.25, -0.2) is 0 Å². The van der Waals surface area contributed by atoms with Gasteiger partial charge in [0.2, 0.25) is 5.91 Å². The molecule has 0 saturated carbocycles. The lowest BCUT2D eigenvalue weighted by Crippen LogP contribution is -2.40. The van der Waals surface area contributed by atoms with E-state index in [0.717, 1.165) is 16.6 Å². The molecule has 1 heterocycles. The Morgan fingerprint density at radius 2 is 2.13 bits per heavy atom. The van der Waals surface area contributed by atoms with Gasteiger partial charge in [-0.2, -0.15) is 0 Å². The number of carbonyl (C=O) groups is 1. The predicted molar refractivity (Wildman–Crippen MR) is 63.5 cm³/mol. The van der Waals surface area contributed by atoms with Crippen molar-refractivity contribution >= 4 is 21.8 Å². The van der Waals surface area contributed by atoms with Gasteiger partial charge in [0.1, 0.15) is 0 Å². The second-order valence-electron chi connectivity index (χ2n) is 4.17. The van der Waals surface area contributed by atoms with E-state index in [9.17, 15) is 4.79 Å². The van der Waals surface area contributed by atoms with Crippen LogP contribution < -0.4 is 0 Å². The molecule has 3 heteroatoms. The van der Waals surface area contributed by atoms with Crippen molar-refractivity contribution in [3.05, 3.63) is 33.8 Å². The van der Waals surface area contributed by atoms with Crippen LogP contribution in [0.1, 0.15) is 25.0 Å². The van der Waals surface area contributed by atoms with Crippen molar-refractivity contribution < 1.29 is 4.79 Å². The fourth-order valence-electron chi connectivity index (χ4n) is 1.94. The summed E-state index contributed by atoms with van der Waals surface area (Å²) < 4.78 is 1.05. The highest BCUT2D eigenvalue weighted by molar-refractivity contribution is 9.10. The first-order valence-corrected chi connectivity index (χ1v) is 5.94. The van der Waals surface area contributed by atoms with Crippen LogP contribution >= 0.6 is 15.9 Å². The van der Waals surface area contributed by atoms with E-state index in [1.807, 2.05) is 17.0 Å². The van der Waals surface area contributed by atoms with Gasteiger partial charge in [0.15, 0.2) is 0 Å². The lowest BCUT2D eigenvalue weighted by atomic mass is 9.98. The Morgan fingerprint density at radius 1 is 1.40 bits per heavy atom. The zero-order valence-electron chi connectivity index (χ0n) is 8.96. The number of hydrogen-bond acceptors (Lipinski definition) is 1. The Labute approximate surface area is 98.4 Å². The molecule has 1 aromatic carbocycles. The molecule has 15 heavy (non-hydrogen) atoms. The molecule has 0 bridgehead atoms. The Balaban J connectivity index is 2.38. The average molecular weight is 268 g/mol. The van der Waals surface area contributed by atoms with Gasteiger partial charge in [0, 0.05) is 17.1 Å². The van der Waals surface area contributed by atoms with E-state index in [1.54, 1.807) is 0 Å². The minimum absolute atomic E-state index is 0.226. The van der Waals surface area contributed by atoms with Crippen molar-refractivity contribution in [3.8, 4) is 0 Å². The van der Waals surface area contributed by atoms with Crippen LogP contribution in [0, 0.1) is 0 Å². The number of benzene rings is 1. The number of amides is 1. The molecule has 0 radical (unpaired) electrons. The van der Waals surface area contributed by atoms with Crippen molar-refractivity contribution in [2.45, 2.75) is 32.9 Å². The van der Waals surface area contributed by atoms with E-state index >= 15 is 0 Å². The molecule has 2 rings (SSSR count). The first-order chi connectivity index (χ1) is 7.09. The monoisotopic (exact) mass is 267 g/mol. The molecule has 80 valence electrons. The highest BCUT2D eigenvalue weighted by Crippen LogP contribution is 2.27. The zero-order chi connectivity index (χ0) is 11.0. The third-order valence-electron chi connectivity index (χ3n) is 2.83. The molecule has 0 N–H and O–H groups in total. The molecule has 1 aliphatic heterocycles. The molecule has 0 aromatic heterocycles. The molecule has 2 nitrogen and oxygen atoms in total. The Kier molecular flexibility index (Phi) is 2.83. The predicted octanol–water partition coefficient (Wildman–Crippen LogP) is 2.74. The summed E-state index contributed by atoms with van der Waals surface area (Å²) in [5.41, 5.74) is 2.41. The van der Waals surface area contributed by atoms with Crippen LogP contribution in [-0.2, 0) is 17.8 Å². The average Bonchev–Trinajstić information content (AvgIpc) is 2.18. The van der Waals surface area contributed by atoms with Gasteiger partial charge in [-0.3, -0.25) is 4.79 Å². The second kappa shape index (κ2) is 3.97. The molecular weight excluding hydrogens is 254 g/mol. The van der Waals surface area contributed by atoms with Crippen molar-refractivity contribution in [1.29, 1.82) is 0 Å². The highest BCUT2D eigenvalue weighted by Gasteiger charge is 2.25. The van der Waals surface area contributed by atoms with E-state index < -0.39 is 0 Å². The van der Waals surface area contributed by atoms with Gasteiger partial charge >= 0.3 is 0 Å². The molecule has 1 aromatic rings. The Bertz CT molecular complexity index is 401. The maximum atomic E-state index is 11.9. The van der Waals surface area contributed by atoms with Crippen LogP contribution in [0.4, 0.5) is 0 Å². The lowest BCUT2D eigenvalue weighted by molar-refractivity contribution is -0.133. The van der Waals surface area contributed by atoms with Gasteiger partial charge in [-0.15, -0.1) is 0 Å². The second-order valence-corrected chi connectivity index (χ2v) is 5.02. The van der Waals surface area contributed by atoms with Crippen LogP contribution in [0.3, 0.4) is 0 Å². The number of fused-ring (bicyclic) bond motifs is 1. The Morgan fingerprint density at radius 3 is 2.80 bits per heavy atom. The highest BCUT2D eigenvalue weighted by atomic mass is 79.9. The summed E-state index contributed by atoms with van der Waals surface area (Å²) in [5.74, 6) is 0.226. The summed E-state index contributed by atoms with van der Waals surface area (Å²) in [6, 6.07) is 6.40. The van der Waals surface area contributed by atoms with Crippen LogP contribution in [0.5, 0.6) is 0 Å². The van der Waals surface area contributed by atoms with Crippen molar-refractivity contribution in [1.82, 2.24) is 4.90 Å². The van der Waals surface area contributed by atoms with Crippen LogP contribution in [0.25, 0.3) is 0 Å². The molecule has 0 fully saturated rings. The van der Waals surface area contributed by atoms with E-state index in [2.05, 4.69) is 35.8 Å². The van der Waals surface area contributed by atoms with Crippen molar-refractivity contribution in [2.24, 2.45) is 0 Å². The summed E-state index contributed by atoms with van der Waals surface area (Å²) >= 11 is 3.50. The van der Waals surface area contributed by atoms with Crippen molar-refractivity contribution in [2.75, 3.05) is 0 Å². The van der Waals surface area contributed by atoms with Gasteiger partial charge in [0.05, 0.1) is 6.42 Å². The molecule has 0 atom stereocenters. The normalized spacial score (nSPS) is 15.7. The van der Waals surface area contributed by atoms with Gasteiger partial charge < -0.3 is 4.90 Å². The maximum Gasteiger partial charge on any atom is 0.227 e. The summed E-state index contributed by atoms with van der Waals surface area (Å²) in [7, 11) is 0. The summed E-state index contributed by atoms with van der Waals surface area (Å²) in [6.07, 6.45) is 0.523. The van der Waals surface area contributed by atoms with E-state index in [-0.39, 0.29) is 11.9 Å². The van der Waals surface area contributed by atoms with Crippen LogP contribution in [0.2, 0.25) is 0 Å². The van der Waals surface area contributed by atoms with Crippen molar-refractivity contribution in [3.63, 3.8) is 0 Å². The van der Waals surface area contributed by atoms with E-state index in [1.165, 1.54) is 5.56 Å². The third kappa shape index (κ3) is 1.93. The van der Waals surface area contributed by atoms with Crippen LogP contribution in [0.15, 0.2) is 22.7 Å². The molecule has 0 unspecified atom stereocenters. The first-order valence-electron chi connectivity index (χ1n) is 5.15. The third-order valence-corrected chi connectivity index (χ3v) is 3.57. The molecule has 1 aliphatic rings. The SMILES string of the molecule is CC(C)N1Cc2cccc(Br)c2CC1=O. The number of nitrogens with zero attached hydrogens (tertiary/aromatic N) is 1. The van der Waals surface area contributed by atoms with Gasteiger partial charge in [0.25, 0.3) is 0 Å². The topological polar surface area (TPSA) is 20.3 Å². The number of halogens is 1. The number of hydrogen-bond donors (Lipinski definition) is 0. The fourth-order valence-corrected chi connectivity index (χ4v) is 2.49. The molecular formula is C12H14BrNO. The molecule has 0 spiro atoms. The standard InChI is InChI=1S/C12H14BrNO/c1-8(2)14-7-9-4-3-5-11(13)10(9)6-12(14)15/h3-5,8H,6-7H2,1-2H3. The summed E-state index contributed by atoms with van der Waals surface area (Å²) in [6.45, 7) is 4.85. The summed E-state index contributed by atoms with van der Waals surface area (Å²) in [5, 5.41) is 0. The fraction of sp³-hybridized carbons (Fsp3) is 0.417. The molecule has 0 aliphatic carbocycles. The van der Waals surface area contributed by atoms with Gasteiger partial charge in [-0.05, 0) is 31.0 Å². The maximum absolute atomic E-state index is 11.9. The quantitative estimate of drug-likeness (QED) is 0.767. The minimum Gasteiger partial charge on any atom is -0.336 e.